The van der Waals surface area contributed by atoms with Gasteiger partial charge in [-0.25, -0.2) is 0 Å². The Bertz CT molecular complexity index is 1010. The van der Waals surface area contributed by atoms with E-state index in [4.69, 9.17) is 14.2 Å². The maximum atomic E-state index is 12.7. The van der Waals surface area contributed by atoms with Crippen molar-refractivity contribution in [2.45, 2.75) is 213 Å². The van der Waals surface area contributed by atoms with Crippen molar-refractivity contribution in [3.8, 4) is 0 Å². The second kappa shape index (κ2) is 42.8. The van der Waals surface area contributed by atoms with Gasteiger partial charge < -0.3 is 14.2 Å². The summed E-state index contributed by atoms with van der Waals surface area (Å²) >= 11 is 0. The maximum absolute atomic E-state index is 12.7. The molecule has 0 aliphatic rings. The van der Waals surface area contributed by atoms with Gasteiger partial charge in [0, 0.05) is 19.3 Å². The van der Waals surface area contributed by atoms with Gasteiger partial charge in [-0.2, -0.15) is 0 Å². The number of carbonyl (C=O) groups is 3. The molecule has 0 aromatic rings. The van der Waals surface area contributed by atoms with E-state index in [0.717, 1.165) is 77.0 Å². The van der Waals surface area contributed by atoms with E-state index in [0.29, 0.717) is 19.3 Å². The van der Waals surface area contributed by atoms with E-state index < -0.39 is 6.10 Å². The highest BCUT2D eigenvalue weighted by Gasteiger charge is 2.19. The van der Waals surface area contributed by atoms with Gasteiger partial charge in [-0.1, -0.05) is 191 Å². The molecule has 0 radical (unpaired) electrons. The molecule has 6 nitrogen and oxygen atoms in total. The molecule has 1 atom stereocenters. The minimum atomic E-state index is -0.789. The van der Waals surface area contributed by atoms with Gasteiger partial charge in [-0.3, -0.25) is 14.4 Å². The number of esters is 3. The first-order valence-corrected chi connectivity index (χ1v) is 22.3. The van der Waals surface area contributed by atoms with E-state index in [1.807, 2.05) is 0 Å². The summed E-state index contributed by atoms with van der Waals surface area (Å²) in [6.07, 6.45) is 50.8. The van der Waals surface area contributed by atoms with Crippen molar-refractivity contribution in [3.05, 3.63) is 60.8 Å². The van der Waals surface area contributed by atoms with Gasteiger partial charge in [-0.05, 0) is 57.8 Å². The van der Waals surface area contributed by atoms with Crippen LogP contribution in [0.25, 0.3) is 0 Å². The van der Waals surface area contributed by atoms with Crippen molar-refractivity contribution < 1.29 is 28.6 Å². The SMILES string of the molecule is CC/C=C\C/C=C\C/C=C\C/C=C\C/C=C\CCCC(=O)OCC(COC(=O)CCCCCCCC)OC(=O)CCCCCCCCCCCCCCC. The molecule has 0 amide bonds. The lowest BCUT2D eigenvalue weighted by atomic mass is 10.0. The van der Waals surface area contributed by atoms with Gasteiger partial charge in [0.1, 0.15) is 13.2 Å². The van der Waals surface area contributed by atoms with Crippen LogP contribution in [-0.4, -0.2) is 37.2 Å². The molecule has 0 aromatic heterocycles. The van der Waals surface area contributed by atoms with Gasteiger partial charge >= 0.3 is 17.9 Å². The number of rotatable bonds is 39. The van der Waals surface area contributed by atoms with Crippen LogP contribution < -0.4 is 0 Å². The number of hydrogen-bond acceptors (Lipinski definition) is 6. The molecule has 0 aromatic carbocycles. The maximum Gasteiger partial charge on any atom is 0.306 e. The molecule has 0 saturated heterocycles. The Labute approximate surface area is 332 Å². The van der Waals surface area contributed by atoms with Crippen LogP contribution in [0.5, 0.6) is 0 Å². The first kappa shape index (κ1) is 51.1. The normalized spacial score (nSPS) is 12.6. The fourth-order valence-electron chi connectivity index (χ4n) is 5.95. The smallest absolute Gasteiger partial charge is 0.306 e. The molecule has 0 spiro atoms. The molecule has 6 heteroatoms. The molecular formula is C48H82O6. The Morgan fingerprint density at radius 1 is 0.389 bits per heavy atom. The average Bonchev–Trinajstić information content (AvgIpc) is 3.17. The second-order valence-electron chi connectivity index (χ2n) is 14.6. The summed E-state index contributed by atoms with van der Waals surface area (Å²) in [5, 5.41) is 0. The summed E-state index contributed by atoms with van der Waals surface area (Å²) in [7, 11) is 0. The predicted octanol–water partition coefficient (Wildman–Crippen LogP) is 14.1. The standard InChI is InChI=1S/C48H82O6/c1-4-7-10-13-16-18-20-22-23-24-25-27-28-30-32-35-38-41-47(50)53-44-45(43-52-46(49)40-37-34-15-12-9-6-3)54-48(51)42-39-36-33-31-29-26-21-19-17-14-11-8-5-2/h7,10,16,18,22-23,25,27,30,32,45H,4-6,8-9,11-15,17,19-21,24,26,28-29,31,33-44H2,1-3H3/b10-7-,18-16-,23-22-,27-25-,32-30-. The quantitative estimate of drug-likeness (QED) is 0.0269. The first-order chi connectivity index (χ1) is 26.5. The van der Waals surface area contributed by atoms with Crippen LogP contribution in [0.2, 0.25) is 0 Å². The zero-order chi connectivity index (χ0) is 39.4. The second-order valence-corrected chi connectivity index (χ2v) is 14.6. The number of carbonyl (C=O) groups excluding carboxylic acids is 3. The molecule has 0 heterocycles. The summed E-state index contributed by atoms with van der Waals surface area (Å²) in [4.78, 5) is 37.5. The molecule has 0 fully saturated rings. The molecule has 1 unspecified atom stereocenters. The van der Waals surface area contributed by atoms with Crippen molar-refractivity contribution in [2.75, 3.05) is 13.2 Å². The Hall–Kier alpha value is -2.89. The van der Waals surface area contributed by atoms with Crippen molar-refractivity contribution >= 4 is 17.9 Å². The highest BCUT2D eigenvalue weighted by molar-refractivity contribution is 5.71. The summed E-state index contributed by atoms with van der Waals surface area (Å²) < 4.78 is 16.6. The van der Waals surface area contributed by atoms with Crippen LogP contribution >= 0.6 is 0 Å². The highest BCUT2D eigenvalue weighted by Crippen LogP contribution is 2.14. The minimum absolute atomic E-state index is 0.0909. The summed E-state index contributed by atoms with van der Waals surface area (Å²) in [5.74, 6) is -0.964. The van der Waals surface area contributed by atoms with Crippen molar-refractivity contribution in [1.82, 2.24) is 0 Å². The van der Waals surface area contributed by atoms with Crippen LogP contribution in [0, 0.1) is 0 Å². The monoisotopic (exact) mass is 755 g/mol. The predicted molar refractivity (Wildman–Crippen MR) is 228 cm³/mol. The lowest BCUT2D eigenvalue weighted by molar-refractivity contribution is -0.167. The fourth-order valence-corrected chi connectivity index (χ4v) is 5.95. The topological polar surface area (TPSA) is 78.9 Å². The van der Waals surface area contributed by atoms with Gasteiger partial charge in [0.2, 0.25) is 0 Å². The van der Waals surface area contributed by atoms with Crippen LogP contribution in [0.1, 0.15) is 207 Å². The van der Waals surface area contributed by atoms with E-state index >= 15 is 0 Å². The zero-order valence-electron chi connectivity index (χ0n) is 35.2. The van der Waals surface area contributed by atoms with E-state index in [1.165, 1.54) is 83.5 Å². The molecule has 0 aliphatic carbocycles. The van der Waals surface area contributed by atoms with Crippen LogP contribution in [0.15, 0.2) is 60.8 Å². The average molecular weight is 755 g/mol. The first-order valence-electron chi connectivity index (χ1n) is 22.3. The third-order valence-electron chi connectivity index (χ3n) is 9.29. The molecule has 310 valence electrons. The van der Waals surface area contributed by atoms with E-state index in [-0.39, 0.29) is 37.5 Å². The lowest BCUT2D eigenvalue weighted by Crippen LogP contribution is -2.30. The molecule has 0 rings (SSSR count). The van der Waals surface area contributed by atoms with Gasteiger partial charge in [0.05, 0.1) is 0 Å². The minimum Gasteiger partial charge on any atom is -0.462 e. The highest BCUT2D eigenvalue weighted by atomic mass is 16.6. The third-order valence-corrected chi connectivity index (χ3v) is 9.29. The molecule has 0 aliphatic heterocycles. The Morgan fingerprint density at radius 3 is 1.13 bits per heavy atom. The van der Waals surface area contributed by atoms with E-state index in [2.05, 4.69) is 81.5 Å². The lowest BCUT2D eigenvalue weighted by Gasteiger charge is -2.18. The molecular weight excluding hydrogens is 673 g/mol. The van der Waals surface area contributed by atoms with Gasteiger partial charge in [0.25, 0.3) is 0 Å². The molecule has 54 heavy (non-hydrogen) atoms. The van der Waals surface area contributed by atoms with E-state index in [1.54, 1.807) is 0 Å². The van der Waals surface area contributed by atoms with Crippen LogP contribution in [0.3, 0.4) is 0 Å². The molecule has 0 saturated carbocycles. The number of allylic oxidation sites excluding steroid dienone is 10. The van der Waals surface area contributed by atoms with Crippen molar-refractivity contribution in [1.29, 1.82) is 0 Å². The number of hydrogen-bond donors (Lipinski definition) is 0. The number of ether oxygens (including phenoxy) is 3. The largest absolute Gasteiger partial charge is 0.462 e. The molecule has 0 N–H and O–H groups in total. The Balaban J connectivity index is 4.37. The zero-order valence-corrected chi connectivity index (χ0v) is 35.2. The Kier molecular flexibility index (Phi) is 40.6. The molecule has 0 bridgehead atoms. The third kappa shape index (κ3) is 40.3. The van der Waals surface area contributed by atoms with Crippen molar-refractivity contribution in [3.63, 3.8) is 0 Å². The van der Waals surface area contributed by atoms with Crippen LogP contribution in [-0.2, 0) is 28.6 Å². The summed E-state index contributed by atoms with van der Waals surface area (Å²) in [5.41, 5.74) is 0. The summed E-state index contributed by atoms with van der Waals surface area (Å²) in [6, 6.07) is 0. The van der Waals surface area contributed by atoms with Crippen LogP contribution in [0.4, 0.5) is 0 Å². The number of unbranched alkanes of at least 4 members (excludes halogenated alkanes) is 18. The summed E-state index contributed by atoms with van der Waals surface area (Å²) in [6.45, 7) is 6.40. The fraction of sp³-hybridized carbons (Fsp3) is 0.729. The van der Waals surface area contributed by atoms with Gasteiger partial charge in [0.15, 0.2) is 6.10 Å². The van der Waals surface area contributed by atoms with Crippen molar-refractivity contribution in [2.24, 2.45) is 0 Å². The Morgan fingerprint density at radius 2 is 0.722 bits per heavy atom. The van der Waals surface area contributed by atoms with E-state index in [9.17, 15) is 14.4 Å². The van der Waals surface area contributed by atoms with Gasteiger partial charge in [-0.15, -0.1) is 0 Å².